The van der Waals surface area contributed by atoms with Crippen molar-refractivity contribution < 1.29 is 14.7 Å². The summed E-state index contributed by atoms with van der Waals surface area (Å²) in [4.78, 5) is 24.4. The van der Waals surface area contributed by atoms with Crippen molar-refractivity contribution >= 4 is 12.0 Å². The maximum atomic E-state index is 11.8. The average Bonchev–Trinajstić information content (AvgIpc) is 3.10. The summed E-state index contributed by atoms with van der Waals surface area (Å²) in [5.74, 6) is -0.801. The molecule has 1 aliphatic heterocycles. The van der Waals surface area contributed by atoms with Gasteiger partial charge < -0.3 is 15.3 Å². The van der Waals surface area contributed by atoms with Crippen molar-refractivity contribution in [3.8, 4) is 0 Å². The Kier molecular flexibility index (Phi) is 3.12. The van der Waals surface area contributed by atoms with Crippen LogP contribution in [-0.4, -0.2) is 41.1 Å². The van der Waals surface area contributed by atoms with Crippen LogP contribution in [0.4, 0.5) is 4.79 Å². The first-order valence-corrected chi connectivity index (χ1v) is 5.61. The lowest BCUT2D eigenvalue weighted by Crippen LogP contribution is -2.49. The van der Waals surface area contributed by atoms with Gasteiger partial charge in [0.05, 0.1) is 0 Å². The first-order valence-electron chi connectivity index (χ1n) is 5.61. The lowest BCUT2D eigenvalue weighted by Gasteiger charge is -2.25. The van der Waals surface area contributed by atoms with Gasteiger partial charge in [0.15, 0.2) is 0 Å². The molecule has 2 rings (SSSR count). The van der Waals surface area contributed by atoms with E-state index in [4.69, 9.17) is 5.11 Å². The summed E-state index contributed by atoms with van der Waals surface area (Å²) >= 11 is 0. The molecule has 16 heavy (non-hydrogen) atoms. The number of amides is 2. The Balaban J connectivity index is 1.89. The van der Waals surface area contributed by atoms with E-state index in [1.165, 1.54) is 0 Å². The smallest absolute Gasteiger partial charge is 0.326 e. The van der Waals surface area contributed by atoms with Crippen LogP contribution in [-0.2, 0) is 4.79 Å². The molecule has 1 aliphatic carbocycles. The van der Waals surface area contributed by atoms with Gasteiger partial charge in [0.2, 0.25) is 0 Å². The number of nitrogens with one attached hydrogen (secondary N) is 1. The highest BCUT2D eigenvalue weighted by Crippen LogP contribution is 2.32. The zero-order valence-corrected chi connectivity index (χ0v) is 9.06. The molecular formula is C11H16N2O3. The first kappa shape index (κ1) is 11.0. The lowest BCUT2D eigenvalue weighted by atomic mass is 10.2. The van der Waals surface area contributed by atoms with E-state index in [-0.39, 0.29) is 11.9 Å². The number of rotatable bonds is 3. The molecular weight excluding hydrogens is 208 g/mol. The Labute approximate surface area is 94.1 Å². The molecule has 0 spiro atoms. The van der Waals surface area contributed by atoms with Crippen LogP contribution in [0.25, 0.3) is 0 Å². The molecule has 5 nitrogen and oxygen atoms in total. The van der Waals surface area contributed by atoms with Crippen LogP contribution >= 0.6 is 0 Å². The summed E-state index contributed by atoms with van der Waals surface area (Å²) in [6, 6.07) is -0.970. The Morgan fingerprint density at radius 2 is 2.12 bits per heavy atom. The average molecular weight is 224 g/mol. The maximum Gasteiger partial charge on any atom is 0.326 e. The fraction of sp³-hybridized carbons (Fsp3) is 0.636. The molecule has 1 unspecified atom stereocenters. The van der Waals surface area contributed by atoms with Crippen molar-refractivity contribution in [2.24, 2.45) is 5.92 Å². The number of urea groups is 1. The van der Waals surface area contributed by atoms with Crippen LogP contribution in [0.5, 0.6) is 0 Å². The summed E-state index contributed by atoms with van der Waals surface area (Å²) < 4.78 is 0. The third kappa shape index (κ3) is 2.53. The fourth-order valence-corrected chi connectivity index (χ4v) is 1.86. The highest BCUT2D eigenvalue weighted by molar-refractivity contribution is 5.83. The number of aliphatic carboxylic acids is 1. The minimum Gasteiger partial charge on any atom is -0.480 e. The molecule has 1 fully saturated rings. The van der Waals surface area contributed by atoms with Crippen LogP contribution in [0.1, 0.15) is 19.3 Å². The number of carbonyl (C=O) groups is 2. The van der Waals surface area contributed by atoms with Crippen LogP contribution in [0, 0.1) is 5.92 Å². The molecule has 0 radical (unpaired) electrons. The van der Waals surface area contributed by atoms with Gasteiger partial charge in [0.1, 0.15) is 6.04 Å². The van der Waals surface area contributed by atoms with E-state index in [1.807, 2.05) is 12.2 Å². The summed E-state index contributed by atoms with van der Waals surface area (Å²) in [5.41, 5.74) is 0. The topological polar surface area (TPSA) is 69.6 Å². The van der Waals surface area contributed by atoms with Gasteiger partial charge in [-0.2, -0.15) is 0 Å². The van der Waals surface area contributed by atoms with Gasteiger partial charge in [-0.3, -0.25) is 0 Å². The molecule has 88 valence electrons. The molecule has 5 heteroatoms. The number of hydrogen-bond acceptors (Lipinski definition) is 2. The normalized spacial score (nSPS) is 21.6. The SMILES string of the molecule is O=C(O)C(NC(=O)N1CC=CCC1)C1CC1. The monoisotopic (exact) mass is 224 g/mol. The molecule has 2 amide bonds. The molecule has 0 bridgehead atoms. The molecule has 1 saturated carbocycles. The van der Waals surface area contributed by atoms with Crippen molar-refractivity contribution in [3.63, 3.8) is 0 Å². The third-order valence-corrected chi connectivity index (χ3v) is 2.98. The minimum absolute atomic E-state index is 0.127. The van der Waals surface area contributed by atoms with E-state index in [0.717, 1.165) is 19.3 Å². The van der Waals surface area contributed by atoms with Crippen molar-refractivity contribution in [2.45, 2.75) is 25.3 Å². The molecule has 2 aliphatic rings. The van der Waals surface area contributed by atoms with Crippen molar-refractivity contribution in [1.29, 1.82) is 0 Å². The van der Waals surface area contributed by atoms with E-state index < -0.39 is 12.0 Å². The van der Waals surface area contributed by atoms with Gasteiger partial charge in [-0.25, -0.2) is 9.59 Å². The first-order chi connectivity index (χ1) is 7.68. The second-order valence-electron chi connectivity index (χ2n) is 4.31. The summed E-state index contributed by atoms with van der Waals surface area (Å²) in [7, 11) is 0. The fourth-order valence-electron chi connectivity index (χ4n) is 1.86. The number of carbonyl (C=O) groups excluding carboxylic acids is 1. The maximum absolute atomic E-state index is 11.8. The van der Waals surface area contributed by atoms with Gasteiger partial charge in [-0.15, -0.1) is 0 Å². The summed E-state index contributed by atoms with van der Waals surface area (Å²) in [6.45, 7) is 1.24. The molecule has 0 saturated heterocycles. The zero-order valence-electron chi connectivity index (χ0n) is 9.06. The molecule has 0 aromatic carbocycles. The molecule has 2 N–H and O–H groups in total. The van der Waals surface area contributed by atoms with Crippen LogP contribution in [0.2, 0.25) is 0 Å². The van der Waals surface area contributed by atoms with Gasteiger partial charge >= 0.3 is 12.0 Å². The van der Waals surface area contributed by atoms with E-state index in [9.17, 15) is 9.59 Å². The Bertz CT molecular complexity index is 323. The number of nitrogens with zero attached hydrogens (tertiary/aromatic N) is 1. The highest BCUT2D eigenvalue weighted by Gasteiger charge is 2.37. The number of hydrogen-bond donors (Lipinski definition) is 2. The molecule has 0 aromatic rings. The van der Waals surface area contributed by atoms with Gasteiger partial charge in [-0.1, -0.05) is 12.2 Å². The number of carboxylic acids is 1. The summed E-state index contributed by atoms with van der Waals surface area (Å²) in [6.07, 6.45) is 6.60. The Morgan fingerprint density at radius 3 is 2.62 bits per heavy atom. The second-order valence-corrected chi connectivity index (χ2v) is 4.31. The highest BCUT2D eigenvalue weighted by atomic mass is 16.4. The quantitative estimate of drug-likeness (QED) is 0.697. The van der Waals surface area contributed by atoms with Crippen LogP contribution < -0.4 is 5.32 Å². The Morgan fingerprint density at radius 1 is 1.38 bits per heavy atom. The lowest BCUT2D eigenvalue weighted by molar-refractivity contribution is -0.139. The predicted octanol–water partition coefficient (Wildman–Crippen LogP) is 0.821. The van der Waals surface area contributed by atoms with Gasteiger partial charge in [0, 0.05) is 13.1 Å². The van der Waals surface area contributed by atoms with Crippen molar-refractivity contribution in [2.75, 3.05) is 13.1 Å². The van der Waals surface area contributed by atoms with E-state index >= 15 is 0 Å². The van der Waals surface area contributed by atoms with Crippen LogP contribution in [0.15, 0.2) is 12.2 Å². The van der Waals surface area contributed by atoms with Crippen molar-refractivity contribution in [3.05, 3.63) is 12.2 Å². The van der Waals surface area contributed by atoms with Crippen LogP contribution in [0.3, 0.4) is 0 Å². The minimum atomic E-state index is -0.927. The zero-order chi connectivity index (χ0) is 11.5. The molecule has 1 atom stereocenters. The molecule has 0 aromatic heterocycles. The second kappa shape index (κ2) is 4.55. The number of carboxylic acid groups (broad SMARTS) is 1. The third-order valence-electron chi connectivity index (χ3n) is 2.98. The largest absolute Gasteiger partial charge is 0.480 e. The predicted molar refractivity (Wildman–Crippen MR) is 58.0 cm³/mol. The van der Waals surface area contributed by atoms with Crippen molar-refractivity contribution in [1.82, 2.24) is 10.2 Å². The van der Waals surface area contributed by atoms with E-state index in [0.29, 0.717) is 13.1 Å². The summed E-state index contributed by atoms with van der Waals surface area (Å²) in [5, 5.41) is 11.6. The standard InChI is InChI=1S/C11H16N2O3/c14-10(15)9(8-4-5-8)12-11(16)13-6-2-1-3-7-13/h1-2,8-9H,3-7H2,(H,12,16)(H,14,15). The van der Waals surface area contributed by atoms with E-state index in [1.54, 1.807) is 4.90 Å². The van der Waals surface area contributed by atoms with Gasteiger partial charge in [0.25, 0.3) is 0 Å². The molecule has 1 heterocycles. The Hall–Kier alpha value is -1.52. The van der Waals surface area contributed by atoms with E-state index in [2.05, 4.69) is 5.32 Å². The van der Waals surface area contributed by atoms with Gasteiger partial charge in [-0.05, 0) is 25.2 Å².